The zero-order chi connectivity index (χ0) is 39.4. The fourth-order valence-electron chi connectivity index (χ4n) is 4.93. The van der Waals surface area contributed by atoms with E-state index in [4.69, 9.17) is 5.73 Å². The molecule has 0 spiro atoms. The molecule has 0 aromatic heterocycles. The maximum atomic E-state index is 13.2. The molecule has 0 saturated heterocycles. The molecular formula is C38H54F5N3O5S. The van der Waals surface area contributed by atoms with Crippen LogP contribution in [0.3, 0.4) is 0 Å². The second-order valence-corrected chi connectivity index (χ2v) is 14.0. The van der Waals surface area contributed by atoms with E-state index in [1.165, 1.54) is 12.1 Å². The van der Waals surface area contributed by atoms with Gasteiger partial charge in [-0.25, -0.2) is 17.2 Å². The Kier molecular flexibility index (Phi) is 26.5. The van der Waals surface area contributed by atoms with Crippen molar-refractivity contribution in [3.8, 4) is 0 Å². The van der Waals surface area contributed by atoms with E-state index in [2.05, 4.69) is 10.1 Å². The van der Waals surface area contributed by atoms with Gasteiger partial charge in [0.05, 0.1) is 11.0 Å². The predicted molar refractivity (Wildman–Crippen MR) is 196 cm³/mol. The van der Waals surface area contributed by atoms with E-state index in [9.17, 15) is 40.0 Å². The fraction of sp³-hybridized carbons (Fsp3) is 0.474. The van der Waals surface area contributed by atoms with Gasteiger partial charge in [0.2, 0.25) is 5.91 Å². The standard InChI is InChI=1S/C22H39N3O3S.C8H8O2.C7H6F2.CHF3/c1-4-10-20(11-5-2)29(27,28)18-21(24-3)22(26)25(16-9-15-23)17-14-19-12-7-6-8-13-19;9-7-10-6-8-4-2-1-3-5-8;1-5-2-6(8)4-7(9)3-5;2-1(3)4/h6-8,12-13,20-21,24H,4-5,9-11,14-18,23H2,1-3H3;1-5,7H,6H2;2-4H,1H3;1H. The van der Waals surface area contributed by atoms with Crippen molar-refractivity contribution >= 4 is 22.2 Å². The van der Waals surface area contributed by atoms with Crippen LogP contribution in [0.25, 0.3) is 0 Å². The van der Waals surface area contributed by atoms with Crippen molar-refractivity contribution in [1.29, 1.82) is 0 Å². The SMILES string of the molecule is CCCC(CCC)S(=O)(=O)CC(NC)C(=O)N(CCCN)CCc1ccccc1.Cc1cc(F)cc(F)c1.FC(F)F.O=COCc1ccccc1. The highest BCUT2D eigenvalue weighted by Crippen LogP contribution is 2.17. The van der Waals surface area contributed by atoms with Gasteiger partial charge in [0, 0.05) is 19.2 Å². The summed E-state index contributed by atoms with van der Waals surface area (Å²) in [6, 6.07) is 22.2. The molecule has 0 aliphatic heterocycles. The van der Waals surface area contributed by atoms with Gasteiger partial charge in [0.25, 0.3) is 6.47 Å². The first-order valence-electron chi connectivity index (χ1n) is 17.1. The molecule has 0 saturated carbocycles. The van der Waals surface area contributed by atoms with Crippen LogP contribution in [0.5, 0.6) is 0 Å². The van der Waals surface area contributed by atoms with Crippen LogP contribution in [0, 0.1) is 18.6 Å². The number of benzene rings is 3. The van der Waals surface area contributed by atoms with Crippen LogP contribution in [0.1, 0.15) is 62.6 Å². The van der Waals surface area contributed by atoms with Crippen molar-refractivity contribution in [2.24, 2.45) is 5.73 Å². The van der Waals surface area contributed by atoms with Crippen molar-refractivity contribution in [2.45, 2.75) is 83.9 Å². The Hall–Kier alpha value is -3.88. The van der Waals surface area contributed by atoms with E-state index in [0.717, 1.165) is 36.5 Å². The highest BCUT2D eigenvalue weighted by Gasteiger charge is 2.32. The van der Waals surface area contributed by atoms with Crippen LogP contribution >= 0.6 is 0 Å². The molecule has 0 radical (unpaired) electrons. The van der Waals surface area contributed by atoms with Crippen molar-refractivity contribution in [3.63, 3.8) is 0 Å². The number of alkyl halides is 3. The van der Waals surface area contributed by atoms with Gasteiger partial charge in [-0.15, -0.1) is 0 Å². The largest absolute Gasteiger partial charge is 0.463 e. The van der Waals surface area contributed by atoms with Gasteiger partial charge in [-0.1, -0.05) is 87.4 Å². The number of nitrogens with two attached hydrogens (primary N) is 1. The smallest absolute Gasteiger partial charge is 0.379 e. The number of carbonyl (C=O) groups is 2. The Morgan fingerprint density at radius 3 is 1.81 bits per heavy atom. The number of rotatable bonds is 18. The lowest BCUT2D eigenvalue weighted by atomic mass is 10.1. The number of nitrogens with zero attached hydrogens (tertiary/aromatic N) is 1. The second-order valence-electron chi connectivity index (χ2n) is 11.7. The van der Waals surface area contributed by atoms with Gasteiger partial charge < -0.3 is 20.7 Å². The van der Waals surface area contributed by atoms with Crippen molar-refractivity contribution in [1.82, 2.24) is 10.2 Å². The van der Waals surface area contributed by atoms with Gasteiger partial charge in [0.15, 0.2) is 9.84 Å². The van der Waals surface area contributed by atoms with Crippen LogP contribution in [0.15, 0.2) is 78.9 Å². The minimum atomic E-state index is -3.67. The number of sulfone groups is 1. The quantitative estimate of drug-likeness (QED) is 0.104. The monoisotopic (exact) mass is 759 g/mol. The van der Waals surface area contributed by atoms with Gasteiger partial charge in [-0.2, -0.15) is 13.2 Å². The number of amides is 1. The van der Waals surface area contributed by atoms with Gasteiger partial charge >= 0.3 is 6.68 Å². The first-order chi connectivity index (χ1) is 24.7. The Morgan fingerprint density at radius 1 is 0.885 bits per heavy atom. The molecule has 0 aliphatic rings. The summed E-state index contributed by atoms with van der Waals surface area (Å²) in [5.74, 6) is -1.36. The Labute approximate surface area is 305 Å². The molecule has 8 nitrogen and oxygen atoms in total. The van der Waals surface area contributed by atoms with Crippen molar-refractivity contribution in [2.75, 3.05) is 32.4 Å². The Morgan fingerprint density at radius 2 is 1.38 bits per heavy atom. The second kappa shape index (κ2) is 28.7. The predicted octanol–water partition coefficient (Wildman–Crippen LogP) is 7.19. The minimum Gasteiger partial charge on any atom is -0.463 e. The summed E-state index contributed by atoms with van der Waals surface area (Å²) in [5, 5.41) is 2.58. The van der Waals surface area contributed by atoms with E-state index in [1.807, 2.05) is 74.5 Å². The third kappa shape index (κ3) is 22.8. The molecule has 3 N–H and O–H groups in total. The first kappa shape index (κ1) is 48.1. The summed E-state index contributed by atoms with van der Waals surface area (Å²) in [7, 11) is -1.70. The average molecular weight is 760 g/mol. The number of hydrogen-bond acceptors (Lipinski definition) is 7. The van der Waals surface area contributed by atoms with Crippen molar-refractivity contribution in [3.05, 3.63) is 107 Å². The van der Waals surface area contributed by atoms with E-state index in [0.29, 0.717) is 57.5 Å². The molecule has 1 amide bonds. The van der Waals surface area contributed by atoms with Crippen LogP contribution in [0.2, 0.25) is 0 Å². The summed E-state index contributed by atoms with van der Waals surface area (Å²) in [6.45, 7) is 4.37. The lowest BCUT2D eigenvalue weighted by Gasteiger charge is -2.28. The maximum Gasteiger partial charge on any atom is 0.379 e. The van der Waals surface area contributed by atoms with E-state index < -0.39 is 34.2 Å². The number of halogens is 5. The summed E-state index contributed by atoms with van der Waals surface area (Å²) < 4.78 is 83.9. The summed E-state index contributed by atoms with van der Waals surface area (Å²) in [6.07, 6.45) is 4.35. The Balaban J connectivity index is 0.000000903. The molecular weight excluding hydrogens is 705 g/mol. The lowest BCUT2D eigenvalue weighted by molar-refractivity contribution is -0.133. The summed E-state index contributed by atoms with van der Waals surface area (Å²) >= 11 is 0. The molecule has 52 heavy (non-hydrogen) atoms. The molecule has 0 heterocycles. The number of likely N-dealkylation sites (N-methyl/N-ethyl adjacent to an activating group) is 1. The highest BCUT2D eigenvalue weighted by molar-refractivity contribution is 7.92. The molecule has 292 valence electrons. The number of ether oxygens (including phenoxy) is 1. The lowest BCUT2D eigenvalue weighted by Crippen LogP contribution is -2.50. The van der Waals surface area contributed by atoms with Crippen LogP contribution in [-0.4, -0.2) is 76.1 Å². The van der Waals surface area contributed by atoms with E-state index in [1.54, 1.807) is 18.9 Å². The molecule has 14 heteroatoms. The molecule has 3 aromatic carbocycles. The van der Waals surface area contributed by atoms with Crippen molar-refractivity contribution < 1.29 is 44.7 Å². The molecule has 1 unspecified atom stereocenters. The van der Waals surface area contributed by atoms with Gasteiger partial charge in [-0.3, -0.25) is 9.59 Å². The number of hydrogen-bond donors (Lipinski definition) is 2. The van der Waals surface area contributed by atoms with Crippen LogP contribution < -0.4 is 11.1 Å². The van der Waals surface area contributed by atoms with E-state index in [-0.39, 0.29) is 16.9 Å². The van der Waals surface area contributed by atoms with Crippen LogP contribution in [-0.2, 0) is 37.2 Å². The average Bonchev–Trinajstić information content (AvgIpc) is 3.10. The molecule has 3 rings (SSSR count). The normalized spacial score (nSPS) is 11.2. The zero-order valence-corrected chi connectivity index (χ0v) is 31.3. The molecule has 3 aromatic rings. The maximum absolute atomic E-state index is 13.2. The zero-order valence-electron chi connectivity index (χ0n) is 30.5. The van der Waals surface area contributed by atoms with Gasteiger partial charge in [0.1, 0.15) is 24.3 Å². The number of carbonyl (C=O) groups excluding carboxylic acids is 2. The molecule has 0 bridgehead atoms. The third-order valence-corrected chi connectivity index (χ3v) is 9.68. The molecule has 0 aliphatic carbocycles. The number of nitrogens with one attached hydrogen (secondary N) is 1. The topological polar surface area (TPSA) is 119 Å². The minimum absolute atomic E-state index is 0.155. The van der Waals surface area contributed by atoms with Crippen LogP contribution in [0.4, 0.5) is 22.0 Å². The third-order valence-electron chi connectivity index (χ3n) is 7.40. The fourth-order valence-corrected chi connectivity index (χ4v) is 7.17. The summed E-state index contributed by atoms with van der Waals surface area (Å²) in [4.78, 5) is 24.7. The Bertz CT molecular complexity index is 1410. The molecule has 1 atom stereocenters. The number of aryl methyl sites for hydroxylation is 1. The molecule has 0 fully saturated rings. The van der Waals surface area contributed by atoms with E-state index >= 15 is 0 Å². The first-order valence-corrected chi connectivity index (χ1v) is 18.8. The van der Waals surface area contributed by atoms with Gasteiger partial charge in [-0.05, 0) is 75.0 Å². The highest BCUT2D eigenvalue weighted by atomic mass is 32.2. The summed E-state index contributed by atoms with van der Waals surface area (Å²) in [5.41, 5.74) is 8.42.